The zero-order valence-electron chi connectivity index (χ0n) is 11.3. The number of fused-ring (bicyclic) bond motifs is 1. The van der Waals surface area contributed by atoms with E-state index in [1.807, 2.05) is 0 Å². The molecule has 0 unspecified atom stereocenters. The van der Waals surface area contributed by atoms with Gasteiger partial charge in [-0.25, -0.2) is 4.79 Å². The highest BCUT2D eigenvalue weighted by Gasteiger charge is 2.45. The highest BCUT2D eigenvalue weighted by molar-refractivity contribution is 6.42. The number of ether oxygens (including phenoxy) is 1. The molecule has 0 aliphatic carbocycles. The number of esters is 1. The van der Waals surface area contributed by atoms with E-state index >= 15 is 0 Å². The Bertz CT molecular complexity index is 864. The molecule has 1 heterocycles. The highest BCUT2D eigenvalue weighted by atomic mass is 35.5. The fourth-order valence-electron chi connectivity index (χ4n) is 1.91. The molecule has 0 amide bonds. The molecular weight excluding hydrogens is 364 g/mol. The smallest absolute Gasteiger partial charge is 0.438 e. The van der Waals surface area contributed by atoms with Crippen molar-refractivity contribution in [3.8, 4) is 0 Å². The topological polar surface area (TPSA) is 77.3 Å². The van der Waals surface area contributed by atoms with Crippen molar-refractivity contribution in [3.05, 3.63) is 43.7 Å². The van der Waals surface area contributed by atoms with Crippen LogP contribution in [0.4, 0.5) is 13.2 Å². The molecule has 0 saturated heterocycles. The maximum atomic E-state index is 13.2. The summed E-state index contributed by atoms with van der Waals surface area (Å²) in [6.45, 7) is 1.05. The van der Waals surface area contributed by atoms with Gasteiger partial charge in [-0.3, -0.25) is 0 Å². The summed E-state index contributed by atoms with van der Waals surface area (Å²) < 4.78 is 43.0. The summed E-state index contributed by atoms with van der Waals surface area (Å²) in [5, 5.41) is 11.7. The molecule has 0 spiro atoms. The molecule has 0 atom stereocenters. The van der Waals surface area contributed by atoms with E-state index in [9.17, 15) is 28.1 Å². The van der Waals surface area contributed by atoms with Gasteiger partial charge in [0.15, 0.2) is 0 Å². The van der Waals surface area contributed by atoms with Crippen LogP contribution in [0.15, 0.2) is 12.1 Å². The first kappa shape index (κ1) is 17.4. The van der Waals surface area contributed by atoms with E-state index in [1.165, 1.54) is 6.92 Å². The standard InChI is InChI=1S/C12H7Cl2F3N2O4/c1-2-23-11(20)9-10(12(15,16)17)19(22)8-4-6(14)5(13)3-7(8)18(9)21/h3-4H,2H2,1H3. The molecule has 6 nitrogen and oxygen atoms in total. The molecule has 23 heavy (non-hydrogen) atoms. The summed E-state index contributed by atoms with van der Waals surface area (Å²) in [7, 11) is 0. The first-order valence-corrected chi connectivity index (χ1v) is 6.77. The van der Waals surface area contributed by atoms with Crippen LogP contribution in [0.5, 0.6) is 0 Å². The second-order valence-corrected chi connectivity index (χ2v) is 5.07. The van der Waals surface area contributed by atoms with Crippen LogP contribution in [0.2, 0.25) is 10.0 Å². The number of nitrogens with zero attached hydrogens (tertiary/aromatic N) is 2. The Hall–Kier alpha value is -2.00. The van der Waals surface area contributed by atoms with Crippen LogP contribution in [0, 0.1) is 10.1 Å². The quantitative estimate of drug-likeness (QED) is 0.599. The number of alkyl halides is 3. The molecule has 1 aromatic carbocycles. The third-order valence-electron chi connectivity index (χ3n) is 2.82. The number of benzene rings is 1. The second-order valence-electron chi connectivity index (χ2n) is 4.26. The van der Waals surface area contributed by atoms with Gasteiger partial charge in [0.05, 0.1) is 21.1 Å². The van der Waals surface area contributed by atoms with Crippen molar-refractivity contribution in [1.82, 2.24) is 4.73 Å². The minimum absolute atomic E-state index is 0.168. The monoisotopic (exact) mass is 370 g/mol. The summed E-state index contributed by atoms with van der Waals surface area (Å²) >= 11 is 11.4. The minimum Gasteiger partial charge on any atom is -0.805 e. The molecule has 11 heteroatoms. The average molecular weight is 371 g/mol. The Balaban J connectivity index is 3.03. The molecule has 0 radical (unpaired) electrons. The Morgan fingerprint density at radius 3 is 2.43 bits per heavy atom. The van der Waals surface area contributed by atoms with Crippen LogP contribution in [-0.2, 0) is 10.9 Å². The summed E-state index contributed by atoms with van der Waals surface area (Å²) in [4.78, 5) is 23.9. The van der Waals surface area contributed by atoms with Gasteiger partial charge in [-0.2, -0.15) is 13.2 Å². The number of halogens is 5. The molecule has 2 aromatic rings. The van der Waals surface area contributed by atoms with Gasteiger partial charge in [0, 0.05) is 11.0 Å². The molecular formula is C12H7Cl2F3N2O4. The number of hydrogen-bond acceptors (Lipinski definition) is 4. The van der Waals surface area contributed by atoms with Gasteiger partial charge in [0.25, 0.3) is 5.52 Å². The Kier molecular flexibility index (Phi) is 4.45. The van der Waals surface area contributed by atoms with Crippen molar-refractivity contribution < 1.29 is 27.1 Å². The van der Waals surface area contributed by atoms with Crippen molar-refractivity contribution in [1.29, 1.82) is 0 Å². The molecule has 0 aliphatic rings. The number of carbonyl (C=O) groups is 1. The van der Waals surface area contributed by atoms with Crippen molar-refractivity contribution in [3.63, 3.8) is 0 Å². The van der Waals surface area contributed by atoms with Gasteiger partial charge >= 0.3 is 17.8 Å². The maximum absolute atomic E-state index is 13.2. The molecule has 0 fully saturated rings. The van der Waals surface area contributed by atoms with Gasteiger partial charge in [0.1, 0.15) is 5.52 Å². The van der Waals surface area contributed by atoms with Crippen LogP contribution in [-0.4, -0.2) is 17.3 Å². The fraction of sp³-hybridized carbons (Fsp3) is 0.250. The molecule has 0 bridgehead atoms. The number of carbonyl (C=O) groups excluding carboxylic acids is 1. The lowest BCUT2D eigenvalue weighted by Gasteiger charge is -2.20. The lowest BCUT2D eigenvalue weighted by molar-refractivity contribution is -0.471. The van der Waals surface area contributed by atoms with E-state index in [0.29, 0.717) is 0 Å². The van der Waals surface area contributed by atoms with Crippen LogP contribution in [0.25, 0.3) is 11.0 Å². The van der Waals surface area contributed by atoms with Gasteiger partial charge in [0.2, 0.25) is 5.69 Å². The molecule has 1 aromatic heterocycles. The van der Waals surface area contributed by atoms with E-state index in [1.54, 1.807) is 0 Å². The second kappa shape index (κ2) is 5.89. The van der Waals surface area contributed by atoms with Gasteiger partial charge < -0.3 is 14.7 Å². The van der Waals surface area contributed by atoms with Gasteiger partial charge in [-0.15, -0.1) is 0 Å². The van der Waals surface area contributed by atoms with Crippen LogP contribution in [0.3, 0.4) is 0 Å². The third kappa shape index (κ3) is 2.93. The third-order valence-corrected chi connectivity index (χ3v) is 3.54. The Morgan fingerprint density at radius 1 is 1.35 bits per heavy atom. The number of hydrogen-bond donors (Lipinski definition) is 0. The van der Waals surface area contributed by atoms with Crippen molar-refractivity contribution >= 4 is 40.2 Å². The van der Waals surface area contributed by atoms with E-state index in [4.69, 9.17) is 23.2 Å². The van der Waals surface area contributed by atoms with Crippen molar-refractivity contribution in [2.45, 2.75) is 13.1 Å². The predicted molar refractivity (Wildman–Crippen MR) is 75.0 cm³/mol. The van der Waals surface area contributed by atoms with Crippen LogP contribution >= 0.6 is 23.2 Å². The summed E-state index contributed by atoms with van der Waals surface area (Å²) in [6, 6.07) is 1.70. The Morgan fingerprint density at radius 2 is 1.91 bits per heavy atom. The summed E-state index contributed by atoms with van der Waals surface area (Å²) in [5.41, 5.74) is -4.70. The zero-order chi connectivity index (χ0) is 17.5. The zero-order valence-corrected chi connectivity index (χ0v) is 12.8. The normalized spacial score (nSPS) is 11.7. The van der Waals surface area contributed by atoms with Gasteiger partial charge in [-0.1, -0.05) is 23.2 Å². The first-order valence-electron chi connectivity index (χ1n) is 6.01. The average Bonchev–Trinajstić information content (AvgIpc) is 2.43. The van der Waals surface area contributed by atoms with E-state index < -0.39 is 39.3 Å². The molecule has 0 N–H and O–H groups in total. The van der Waals surface area contributed by atoms with Crippen LogP contribution in [0.1, 0.15) is 23.1 Å². The lowest BCUT2D eigenvalue weighted by atomic mass is 10.2. The Labute approximate surface area is 136 Å². The fourth-order valence-corrected chi connectivity index (χ4v) is 2.23. The maximum Gasteiger partial charge on any atom is 0.438 e. The highest BCUT2D eigenvalue weighted by Crippen LogP contribution is 2.34. The molecule has 0 aliphatic heterocycles. The van der Waals surface area contributed by atoms with E-state index in [-0.39, 0.29) is 21.1 Å². The molecule has 2 rings (SSSR count). The molecule has 0 saturated carbocycles. The predicted octanol–water partition coefficient (Wildman–Crippen LogP) is 3.40. The van der Waals surface area contributed by atoms with Crippen molar-refractivity contribution in [2.24, 2.45) is 0 Å². The minimum atomic E-state index is -5.27. The van der Waals surface area contributed by atoms with Crippen molar-refractivity contribution in [2.75, 3.05) is 6.61 Å². The number of rotatable bonds is 2. The van der Waals surface area contributed by atoms with Gasteiger partial charge in [-0.05, 0) is 13.0 Å². The van der Waals surface area contributed by atoms with Crippen LogP contribution < -0.4 is 4.43 Å². The SMILES string of the molecule is CCOC(=O)c1c(C(F)(F)F)n([O-])c2cc(Cl)c(Cl)cc2[n+]1=O. The van der Waals surface area contributed by atoms with E-state index in [2.05, 4.69) is 4.74 Å². The summed E-state index contributed by atoms with van der Waals surface area (Å²) in [6.07, 6.45) is -5.27. The molecule has 124 valence electrons. The summed E-state index contributed by atoms with van der Waals surface area (Å²) in [5.74, 6) is -1.58. The lowest BCUT2D eigenvalue weighted by Crippen LogP contribution is -2.35. The largest absolute Gasteiger partial charge is 0.805 e. The number of aromatic nitrogens is 2. The first-order chi connectivity index (χ1) is 10.6. The van der Waals surface area contributed by atoms with E-state index in [0.717, 1.165) is 12.1 Å².